The minimum absolute atomic E-state index is 0.0837. The van der Waals surface area contributed by atoms with Gasteiger partial charge < -0.3 is 10.2 Å². The average Bonchev–Trinajstić information content (AvgIpc) is 3.44. The molecule has 5 rings (SSSR count). The van der Waals surface area contributed by atoms with Gasteiger partial charge in [0.15, 0.2) is 0 Å². The monoisotopic (exact) mass is 444 g/mol. The standard InChI is InChI=1S/C22H23F3N6O/c23-22(24,25)16-4-1-3-14(11-16)12-26-19(32)15-7-9-30(10-8-15)20-17-5-2-6-18(17)29-21-27-13-28-31(20)21/h1,3-4,11,13,15H,2,5-10,12H2,(H,26,32). The molecule has 0 radical (unpaired) electrons. The summed E-state index contributed by atoms with van der Waals surface area (Å²) in [5.41, 5.74) is 2.03. The highest BCUT2D eigenvalue weighted by Crippen LogP contribution is 2.33. The zero-order chi connectivity index (χ0) is 22.3. The molecule has 0 saturated carbocycles. The maximum atomic E-state index is 12.9. The van der Waals surface area contributed by atoms with Gasteiger partial charge in [-0.25, -0.2) is 4.98 Å². The van der Waals surface area contributed by atoms with Gasteiger partial charge in [-0.3, -0.25) is 4.79 Å². The number of amides is 1. The first-order valence-corrected chi connectivity index (χ1v) is 10.8. The predicted molar refractivity (Wildman–Crippen MR) is 111 cm³/mol. The van der Waals surface area contributed by atoms with Crippen molar-refractivity contribution in [2.24, 2.45) is 5.92 Å². The number of anilines is 1. The SMILES string of the molecule is O=C(NCc1cccc(C(F)(F)F)c1)C1CCN(c2c3c(nc4ncnn24)CCC3)CC1. The molecule has 1 aliphatic carbocycles. The van der Waals surface area contributed by atoms with E-state index in [1.54, 1.807) is 10.6 Å². The predicted octanol–water partition coefficient (Wildman–Crippen LogP) is 3.16. The molecule has 10 heteroatoms. The smallest absolute Gasteiger partial charge is 0.356 e. The molecule has 0 unspecified atom stereocenters. The lowest BCUT2D eigenvalue weighted by Gasteiger charge is -2.34. The Balaban J connectivity index is 1.23. The van der Waals surface area contributed by atoms with Crippen molar-refractivity contribution in [2.75, 3.05) is 18.0 Å². The van der Waals surface area contributed by atoms with Crippen LogP contribution in [-0.2, 0) is 30.4 Å². The molecule has 32 heavy (non-hydrogen) atoms. The Morgan fingerprint density at radius 2 is 2.00 bits per heavy atom. The Labute approximate surface area is 182 Å². The Kier molecular flexibility index (Phi) is 5.22. The van der Waals surface area contributed by atoms with Crippen LogP contribution in [0.25, 0.3) is 5.78 Å². The van der Waals surface area contributed by atoms with Gasteiger partial charge in [-0.1, -0.05) is 12.1 Å². The topological polar surface area (TPSA) is 75.4 Å². The molecule has 168 valence electrons. The Morgan fingerprint density at radius 1 is 1.19 bits per heavy atom. The molecular weight excluding hydrogens is 421 g/mol. The van der Waals surface area contributed by atoms with Crippen LogP contribution in [0, 0.1) is 5.92 Å². The van der Waals surface area contributed by atoms with Crippen LogP contribution in [0.2, 0.25) is 0 Å². The Hall–Kier alpha value is -3.17. The van der Waals surface area contributed by atoms with Crippen molar-refractivity contribution >= 4 is 17.5 Å². The van der Waals surface area contributed by atoms with Gasteiger partial charge in [0.05, 0.1) is 11.3 Å². The molecule has 1 N–H and O–H groups in total. The number of carbonyl (C=O) groups excluding carboxylic acids is 1. The van der Waals surface area contributed by atoms with Gasteiger partial charge in [0.1, 0.15) is 12.1 Å². The number of nitrogens with one attached hydrogen (secondary N) is 1. The number of hydrogen-bond acceptors (Lipinski definition) is 5. The van der Waals surface area contributed by atoms with Gasteiger partial charge in [-0.2, -0.15) is 27.8 Å². The van der Waals surface area contributed by atoms with Crippen LogP contribution in [0.1, 0.15) is 41.6 Å². The molecule has 1 saturated heterocycles. The van der Waals surface area contributed by atoms with Crippen molar-refractivity contribution in [1.29, 1.82) is 0 Å². The summed E-state index contributed by atoms with van der Waals surface area (Å²) in [7, 11) is 0. The lowest BCUT2D eigenvalue weighted by molar-refractivity contribution is -0.137. The molecular formula is C22H23F3N6O. The van der Waals surface area contributed by atoms with Crippen LogP contribution >= 0.6 is 0 Å². The fourth-order valence-electron chi connectivity index (χ4n) is 4.67. The number of halogens is 3. The van der Waals surface area contributed by atoms with Crippen LogP contribution in [0.3, 0.4) is 0 Å². The molecule has 2 aromatic heterocycles. The molecule has 1 aliphatic heterocycles. The summed E-state index contributed by atoms with van der Waals surface area (Å²) in [4.78, 5) is 23.8. The van der Waals surface area contributed by atoms with Crippen molar-refractivity contribution in [2.45, 2.75) is 44.8 Å². The first-order chi connectivity index (χ1) is 15.4. The van der Waals surface area contributed by atoms with E-state index in [1.807, 2.05) is 0 Å². The number of benzene rings is 1. The van der Waals surface area contributed by atoms with Gasteiger partial charge in [0.2, 0.25) is 5.91 Å². The molecule has 0 spiro atoms. The summed E-state index contributed by atoms with van der Waals surface area (Å²) in [6.07, 6.45) is 1.43. The van der Waals surface area contributed by atoms with E-state index in [1.165, 1.54) is 18.0 Å². The summed E-state index contributed by atoms with van der Waals surface area (Å²) in [6, 6.07) is 5.06. The second-order valence-corrected chi connectivity index (χ2v) is 8.36. The fraction of sp³-hybridized carbons (Fsp3) is 0.455. The summed E-state index contributed by atoms with van der Waals surface area (Å²) >= 11 is 0. The number of fused-ring (bicyclic) bond motifs is 2. The van der Waals surface area contributed by atoms with E-state index in [9.17, 15) is 18.0 Å². The second-order valence-electron chi connectivity index (χ2n) is 8.36. The third-order valence-electron chi connectivity index (χ3n) is 6.31. The highest BCUT2D eigenvalue weighted by Gasteiger charge is 2.31. The molecule has 3 heterocycles. The third kappa shape index (κ3) is 3.89. The number of aromatic nitrogens is 4. The minimum Gasteiger partial charge on any atom is -0.356 e. The number of piperidine rings is 1. The van der Waals surface area contributed by atoms with E-state index in [0.717, 1.165) is 42.9 Å². The zero-order valence-electron chi connectivity index (χ0n) is 17.4. The number of hydrogen-bond donors (Lipinski definition) is 1. The van der Waals surface area contributed by atoms with Crippen molar-refractivity contribution < 1.29 is 18.0 Å². The lowest BCUT2D eigenvalue weighted by Crippen LogP contribution is -2.41. The maximum Gasteiger partial charge on any atom is 0.416 e. The first kappa shape index (κ1) is 20.7. The van der Waals surface area contributed by atoms with Gasteiger partial charge in [0.25, 0.3) is 5.78 Å². The summed E-state index contributed by atoms with van der Waals surface area (Å²) in [5, 5.41) is 7.16. The average molecular weight is 444 g/mol. The first-order valence-electron chi connectivity index (χ1n) is 10.8. The van der Waals surface area contributed by atoms with E-state index in [0.29, 0.717) is 37.3 Å². The van der Waals surface area contributed by atoms with Crippen molar-refractivity contribution in [3.8, 4) is 0 Å². The van der Waals surface area contributed by atoms with Gasteiger partial charge in [0, 0.05) is 31.1 Å². The maximum absolute atomic E-state index is 12.9. The summed E-state index contributed by atoms with van der Waals surface area (Å²) < 4.78 is 40.5. The number of carbonyl (C=O) groups is 1. The molecule has 1 fully saturated rings. The molecule has 0 bridgehead atoms. The van der Waals surface area contributed by atoms with Gasteiger partial charge in [-0.05, 0) is 49.8 Å². The van der Waals surface area contributed by atoms with Crippen LogP contribution in [0.4, 0.5) is 19.0 Å². The van der Waals surface area contributed by atoms with Crippen LogP contribution in [0.5, 0.6) is 0 Å². The number of rotatable bonds is 4. The lowest BCUT2D eigenvalue weighted by atomic mass is 9.95. The van der Waals surface area contributed by atoms with E-state index in [2.05, 4.69) is 25.3 Å². The number of nitrogens with zero attached hydrogens (tertiary/aromatic N) is 5. The van der Waals surface area contributed by atoms with Gasteiger partial charge >= 0.3 is 6.18 Å². The third-order valence-corrected chi connectivity index (χ3v) is 6.31. The second kappa shape index (κ2) is 8.07. The van der Waals surface area contributed by atoms with E-state index in [4.69, 9.17) is 0 Å². The van der Waals surface area contributed by atoms with Crippen LogP contribution < -0.4 is 10.2 Å². The zero-order valence-corrected chi connectivity index (χ0v) is 17.4. The largest absolute Gasteiger partial charge is 0.416 e. The minimum atomic E-state index is -4.39. The van der Waals surface area contributed by atoms with E-state index in [-0.39, 0.29) is 18.4 Å². The fourth-order valence-corrected chi connectivity index (χ4v) is 4.67. The Morgan fingerprint density at radius 3 is 2.78 bits per heavy atom. The van der Waals surface area contributed by atoms with E-state index >= 15 is 0 Å². The Bertz CT molecular complexity index is 1150. The van der Waals surface area contributed by atoms with Gasteiger partial charge in [-0.15, -0.1) is 0 Å². The molecule has 0 atom stereocenters. The van der Waals surface area contributed by atoms with Crippen molar-refractivity contribution in [3.63, 3.8) is 0 Å². The van der Waals surface area contributed by atoms with E-state index < -0.39 is 11.7 Å². The normalized spacial score (nSPS) is 17.0. The number of alkyl halides is 3. The summed E-state index contributed by atoms with van der Waals surface area (Å²) in [5.74, 6) is 1.34. The molecule has 1 aromatic carbocycles. The van der Waals surface area contributed by atoms with Crippen LogP contribution in [-0.4, -0.2) is 38.6 Å². The summed E-state index contributed by atoms with van der Waals surface area (Å²) in [6.45, 7) is 1.49. The van der Waals surface area contributed by atoms with Crippen molar-refractivity contribution in [1.82, 2.24) is 24.9 Å². The molecule has 1 amide bonds. The highest BCUT2D eigenvalue weighted by atomic mass is 19.4. The highest BCUT2D eigenvalue weighted by molar-refractivity contribution is 5.79. The van der Waals surface area contributed by atoms with Crippen LogP contribution in [0.15, 0.2) is 30.6 Å². The van der Waals surface area contributed by atoms with Crippen molar-refractivity contribution in [3.05, 3.63) is 53.0 Å². The molecule has 2 aliphatic rings. The quantitative estimate of drug-likeness (QED) is 0.669. The molecule has 3 aromatic rings. The molecule has 7 nitrogen and oxygen atoms in total. The number of aryl methyl sites for hydroxylation is 1.